The number of carbonyl (C=O) groups excluding carboxylic acids is 2. The van der Waals surface area contributed by atoms with Crippen LogP contribution in [0.1, 0.15) is 53.0 Å². The fourth-order valence-electron chi connectivity index (χ4n) is 4.01. The van der Waals surface area contributed by atoms with Crippen LogP contribution in [-0.2, 0) is 21.3 Å². The van der Waals surface area contributed by atoms with Gasteiger partial charge in [-0.2, -0.15) is 0 Å². The molecule has 2 amide bonds. The molecule has 0 radical (unpaired) electrons. The summed E-state index contributed by atoms with van der Waals surface area (Å²) in [5, 5.41) is 2.81. The highest BCUT2D eigenvalue weighted by molar-refractivity contribution is 7.89. The molecule has 8 nitrogen and oxygen atoms in total. The van der Waals surface area contributed by atoms with E-state index in [1.54, 1.807) is 29.2 Å². The Morgan fingerprint density at radius 3 is 2.32 bits per heavy atom. The molecule has 0 bridgehead atoms. The van der Waals surface area contributed by atoms with Crippen molar-refractivity contribution in [2.45, 2.75) is 50.3 Å². The third-order valence-corrected chi connectivity index (χ3v) is 7.45. The van der Waals surface area contributed by atoms with Gasteiger partial charge in [0.2, 0.25) is 10.0 Å². The molecule has 1 saturated carbocycles. The van der Waals surface area contributed by atoms with Crippen LogP contribution in [0.3, 0.4) is 0 Å². The molecule has 9 heteroatoms. The molecule has 2 aromatic carbocycles. The van der Waals surface area contributed by atoms with E-state index in [1.165, 1.54) is 12.1 Å². The van der Waals surface area contributed by atoms with E-state index in [0.717, 1.165) is 18.4 Å². The first-order valence-electron chi connectivity index (χ1n) is 11.6. The Hall–Kier alpha value is -2.75. The van der Waals surface area contributed by atoms with Crippen LogP contribution in [0.5, 0.6) is 0 Å². The number of rotatable bonds is 8. The topological polar surface area (TPSA) is 105 Å². The molecule has 0 aromatic heterocycles. The lowest BCUT2D eigenvalue weighted by atomic mass is 10.1. The number of amides is 2. The van der Waals surface area contributed by atoms with Crippen LogP contribution in [0, 0.1) is 5.92 Å². The van der Waals surface area contributed by atoms with E-state index in [9.17, 15) is 18.0 Å². The van der Waals surface area contributed by atoms with Crippen molar-refractivity contribution in [1.29, 1.82) is 0 Å². The number of carbonyl (C=O) groups is 2. The van der Waals surface area contributed by atoms with Gasteiger partial charge >= 0.3 is 0 Å². The van der Waals surface area contributed by atoms with Gasteiger partial charge in [-0.1, -0.05) is 18.2 Å². The summed E-state index contributed by atoms with van der Waals surface area (Å²) in [5.41, 5.74) is 1.70. The van der Waals surface area contributed by atoms with Crippen molar-refractivity contribution in [2.75, 3.05) is 19.6 Å². The smallest absolute Gasteiger partial charge is 0.254 e. The maximum absolute atomic E-state index is 12.8. The Labute approximate surface area is 200 Å². The van der Waals surface area contributed by atoms with E-state index in [0.29, 0.717) is 31.1 Å². The Morgan fingerprint density at radius 2 is 1.68 bits per heavy atom. The molecule has 1 saturated heterocycles. The SMILES string of the molecule is CC1CN(C(=O)c2ccc(CNC(=O)c3cccc(S(=O)(=O)NCC4CC4)c3)cc2)CC(C)O1. The number of ether oxygens (including phenoxy) is 1. The first-order valence-corrected chi connectivity index (χ1v) is 13.1. The van der Waals surface area contributed by atoms with Crippen molar-refractivity contribution < 1.29 is 22.7 Å². The molecule has 4 rings (SSSR count). The average Bonchev–Trinajstić information content (AvgIpc) is 3.65. The highest BCUT2D eigenvalue weighted by atomic mass is 32.2. The molecule has 182 valence electrons. The largest absolute Gasteiger partial charge is 0.372 e. The Bertz CT molecular complexity index is 1140. The fourth-order valence-corrected chi connectivity index (χ4v) is 5.17. The maximum atomic E-state index is 12.8. The summed E-state index contributed by atoms with van der Waals surface area (Å²) in [6.45, 7) is 5.73. The number of sulfonamides is 1. The van der Waals surface area contributed by atoms with Gasteiger partial charge in [0.1, 0.15) is 0 Å². The molecule has 2 unspecified atom stereocenters. The standard InChI is InChI=1S/C25H31N3O5S/c1-17-15-28(16-18(2)33-17)25(30)21-10-8-19(9-11-21)13-26-24(29)22-4-3-5-23(12-22)34(31,32)27-14-20-6-7-20/h3-5,8-12,17-18,20,27H,6-7,13-16H2,1-2H3,(H,26,29). The fraction of sp³-hybridized carbons (Fsp3) is 0.440. The van der Waals surface area contributed by atoms with E-state index < -0.39 is 10.0 Å². The monoisotopic (exact) mass is 485 g/mol. The molecular formula is C25H31N3O5S. The highest BCUT2D eigenvalue weighted by Crippen LogP contribution is 2.28. The number of nitrogens with zero attached hydrogens (tertiary/aromatic N) is 1. The van der Waals surface area contributed by atoms with Gasteiger partial charge in [0.05, 0.1) is 17.1 Å². The van der Waals surface area contributed by atoms with Crippen molar-refractivity contribution >= 4 is 21.8 Å². The summed E-state index contributed by atoms with van der Waals surface area (Å²) in [4.78, 5) is 27.3. The second-order valence-corrected chi connectivity index (χ2v) is 10.9. The second-order valence-electron chi connectivity index (χ2n) is 9.17. The number of hydrogen-bond acceptors (Lipinski definition) is 5. The first kappa shape index (κ1) is 24.4. The van der Waals surface area contributed by atoms with Gasteiger partial charge in [-0.3, -0.25) is 9.59 Å². The van der Waals surface area contributed by atoms with Gasteiger partial charge in [-0.25, -0.2) is 13.1 Å². The third-order valence-electron chi connectivity index (χ3n) is 6.03. The lowest BCUT2D eigenvalue weighted by molar-refractivity contribution is -0.0586. The lowest BCUT2D eigenvalue weighted by Crippen LogP contribution is -2.48. The zero-order chi connectivity index (χ0) is 24.3. The van der Waals surface area contributed by atoms with Crippen molar-refractivity contribution in [3.8, 4) is 0 Å². The minimum atomic E-state index is -3.64. The zero-order valence-electron chi connectivity index (χ0n) is 19.5. The minimum absolute atomic E-state index is 0.00431. The van der Waals surface area contributed by atoms with Crippen molar-refractivity contribution in [3.63, 3.8) is 0 Å². The van der Waals surface area contributed by atoms with Gasteiger partial charge in [-0.05, 0) is 68.5 Å². The van der Waals surface area contributed by atoms with Crippen LogP contribution < -0.4 is 10.0 Å². The predicted molar refractivity (Wildman–Crippen MR) is 128 cm³/mol. The van der Waals surface area contributed by atoms with E-state index in [4.69, 9.17) is 4.74 Å². The van der Waals surface area contributed by atoms with Gasteiger partial charge < -0.3 is 15.0 Å². The predicted octanol–water partition coefficient (Wildman–Crippen LogP) is 2.55. The maximum Gasteiger partial charge on any atom is 0.254 e. The lowest BCUT2D eigenvalue weighted by Gasteiger charge is -2.35. The van der Waals surface area contributed by atoms with Crippen molar-refractivity contribution in [1.82, 2.24) is 14.9 Å². The van der Waals surface area contributed by atoms with E-state index in [2.05, 4.69) is 10.0 Å². The molecule has 0 spiro atoms. The molecule has 1 aliphatic heterocycles. The van der Waals surface area contributed by atoms with Gasteiger partial charge in [0.15, 0.2) is 0 Å². The Morgan fingerprint density at radius 1 is 1.00 bits per heavy atom. The minimum Gasteiger partial charge on any atom is -0.372 e. The molecule has 34 heavy (non-hydrogen) atoms. The molecular weight excluding hydrogens is 454 g/mol. The van der Waals surface area contributed by atoms with Crippen LogP contribution in [0.25, 0.3) is 0 Å². The molecule has 2 atom stereocenters. The van der Waals surface area contributed by atoms with E-state index in [1.807, 2.05) is 26.0 Å². The summed E-state index contributed by atoms with van der Waals surface area (Å²) in [6.07, 6.45) is 2.10. The van der Waals surface area contributed by atoms with Gasteiger partial charge in [0.25, 0.3) is 11.8 Å². The summed E-state index contributed by atoms with van der Waals surface area (Å²) >= 11 is 0. The third kappa shape index (κ3) is 6.22. The first-order chi connectivity index (χ1) is 16.2. The van der Waals surface area contributed by atoms with Crippen molar-refractivity contribution in [3.05, 3.63) is 65.2 Å². The quantitative estimate of drug-likeness (QED) is 0.598. The molecule has 1 aliphatic carbocycles. The second kappa shape index (κ2) is 10.2. The number of morpholine rings is 1. The zero-order valence-corrected chi connectivity index (χ0v) is 20.3. The molecule has 2 aliphatic rings. The molecule has 2 fully saturated rings. The van der Waals surface area contributed by atoms with Crippen LogP contribution in [-0.4, -0.2) is 57.0 Å². The van der Waals surface area contributed by atoms with Crippen LogP contribution in [0.4, 0.5) is 0 Å². The van der Waals surface area contributed by atoms with Crippen LogP contribution >= 0.6 is 0 Å². The van der Waals surface area contributed by atoms with Crippen LogP contribution in [0.2, 0.25) is 0 Å². The average molecular weight is 486 g/mol. The van der Waals surface area contributed by atoms with Gasteiger partial charge in [-0.15, -0.1) is 0 Å². The Kier molecular flexibility index (Phi) is 7.35. The van der Waals surface area contributed by atoms with Crippen molar-refractivity contribution in [2.24, 2.45) is 5.92 Å². The van der Waals surface area contributed by atoms with Crippen LogP contribution in [0.15, 0.2) is 53.4 Å². The summed E-state index contributed by atoms with van der Waals surface area (Å²) in [5.74, 6) is 0.0190. The summed E-state index contributed by atoms with van der Waals surface area (Å²) in [6, 6.07) is 13.2. The summed E-state index contributed by atoms with van der Waals surface area (Å²) in [7, 11) is -3.64. The number of hydrogen-bond donors (Lipinski definition) is 2. The molecule has 2 N–H and O–H groups in total. The number of benzene rings is 2. The van der Waals surface area contributed by atoms with Gasteiger partial charge in [0, 0.05) is 37.3 Å². The highest BCUT2D eigenvalue weighted by Gasteiger charge is 2.27. The normalized spacial score (nSPS) is 20.7. The van der Waals surface area contributed by atoms with E-state index >= 15 is 0 Å². The molecule has 2 aromatic rings. The van der Waals surface area contributed by atoms with E-state index in [-0.39, 0.29) is 41.0 Å². The summed E-state index contributed by atoms with van der Waals surface area (Å²) < 4.78 is 33.2. The Balaban J connectivity index is 1.33. The molecule has 1 heterocycles. The number of nitrogens with one attached hydrogen (secondary N) is 2.